The summed E-state index contributed by atoms with van der Waals surface area (Å²) in [4.78, 5) is 0. The van der Waals surface area contributed by atoms with Crippen LogP contribution in [0.15, 0.2) is 0 Å². The normalized spacial score (nSPS) is 21.0. The highest BCUT2D eigenvalue weighted by molar-refractivity contribution is 4.78. The SMILES string of the molecule is CCNC(COCC)C1CCCCC1. The van der Waals surface area contributed by atoms with Crippen LogP contribution in [0.4, 0.5) is 0 Å². The van der Waals surface area contributed by atoms with Gasteiger partial charge in [0.05, 0.1) is 6.61 Å². The van der Waals surface area contributed by atoms with Crippen molar-refractivity contribution < 1.29 is 4.74 Å². The van der Waals surface area contributed by atoms with Gasteiger partial charge in [-0.05, 0) is 32.2 Å². The van der Waals surface area contributed by atoms with Crippen molar-refractivity contribution in [1.29, 1.82) is 0 Å². The number of ether oxygens (including phenoxy) is 1. The number of likely N-dealkylation sites (N-methyl/N-ethyl adjacent to an activating group) is 1. The van der Waals surface area contributed by atoms with Crippen molar-refractivity contribution in [3.63, 3.8) is 0 Å². The van der Waals surface area contributed by atoms with Gasteiger partial charge in [-0.2, -0.15) is 0 Å². The van der Waals surface area contributed by atoms with Crippen LogP contribution in [-0.4, -0.2) is 25.8 Å². The molecule has 14 heavy (non-hydrogen) atoms. The average Bonchev–Trinajstić information content (AvgIpc) is 2.25. The molecular formula is C12H25NO. The van der Waals surface area contributed by atoms with Gasteiger partial charge in [0.15, 0.2) is 0 Å². The summed E-state index contributed by atoms with van der Waals surface area (Å²) in [5.74, 6) is 0.857. The predicted octanol–water partition coefficient (Wildman–Crippen LogP) is 2.58. The summed E-state index contributed by atoms with van der Waals surface area (Å²) in [7, 11) is 0. The number of hydrogen-bond donors (Lipinski definition) is 1. The second-order valence-electron chi connectivity index (χ2n) is 4.22. The molecule has 2 heteroatoms. The predicted molar refractivity (Wildman–Crippen MR) is 60.5 cm³/mol. The monoisotopic (exact) mass is 199 g/mol. The molecule has 0 radical (unpaired) electrons. The molecule has 1 rings (SSSR count). The van der Waals surface area contributed by atoms with Crippen molar-refractivity contribution in [2.24, 2.45) is 5.92 Å². The average molecular weight is 199 g/mol. The summed E-state index contributed by atoms with van der Waals surface area (Å²) in [5.41, 5.74) is 0. The van der Waals surface area contributed by atoms with Crippen LogP contribution in [0.3, 0.4) is 0 Å². The van der Waals surface area contributed by atoms with Crippen LogP contribution in [0, 0.1) is 5.92 Å². The van der Waals surface area contributed by atoms with Crippen LogP contribution in [0.1, 0.15) is 46.0 Å². The zero-order chi connectivity index (χ0) is 10.2. The van der Waals surface area contributed by atoms with Crippen LogP contribution in [0.25, 0.3) is 0 Å². The standard InChI is InChI=1S/C12H25NO/c1-3-13-12(10-14-4-2)11-8-6-5-7-9-11/h11-13H,3-10H2,1-2H3. The van der Waals surface area contributed by atoms with E-state index < -0.39 is 0 Å². The molecule has 0 amide bonds. The molecule has 0 saturated heterocycles. The highest BCUT2D eigenvalue weighted by Gasteiger charge is 2.22. The third-order valence-electron chi connectivity index (χ3n) is 3.19. The van der Waals surface area contributed by atoms with E-state index in [9.17, 15) is 0 Å². The van der Waals surface area contributed by atoms with Gasteiger partial charge in [0.2, 0.25) is 0 Å². The van der Waals surface area contributed by atoms with Crippen molar-refractivity contribution in [1.82, 2.24) is 5.32 Å². The molecule has 0 aromatic heterocycles. The van der Waals surface area contributed by atoms with Crippen molar-refractivity contribution >= 4 is 0 Å². The Morgan fingerprint density at radius 1 is 1.21 bits per heavy atom. The summed E-state index contributed by atoms with van der Waals surface area (Å²) in [6, 6.07) is 0.597. The Bertz CT molecular complexity index is 132. The second-order valence-corrected chi connectivity index (χ2v) is 4.22. The van der Waals surface area contributed by atoms with Gasteiger partial charge >= 0.3 is 0 Å². The molecule has 2 nitrogen and oxygen atoms in total. The van der Waals surface area contributed by atoms with Gasteiger partial charge in [0.1, 0.15) is 0 Å². The van der Waals surface area contributed by atoms with Gasteiger partial charge in [-0.25, -0.2) is 0 Å². The van der Waals surface area contributed by atoms with E-state index >= 15 is 0 Å². The summed E-state index contributed by atoms with van der Waals surface area (Å²) in [6.45, 7) is 7.06. The highest BCUT2D eigenvalue weighted by Crippen LogP contribution is 2.26. The molecule has 0 spiro atoms. The fourth-order valence-corrected chi connectivity index (χ4v) is 2.41. The second kappa shape index (κ2) is 7.24. The number of rotatable bonds is 6. The van der Waals surface area contributed by atoms with Crippen LogP contribution in [0.2, 0.25) is 0 Å². The maximum atomic E-state index is 5.54. The first-order chi connectivity index (χ1) is 6.88. The first-order valence-electron chi connectivity index (χ1n) is 6.19. The Kier molecular flexibility index (Phi) is 6.20. The minimum absolute atomic E-state index is 0.597. The van der Waals surface area contributed by atoms with E-state index in [0.29, 0.717) is 6.04 Å². The van der Waals surface area contributed by atoms with Crippen molar-refractivity contribution in [3.8, 4) is 0 Å². The molecule has 1 atom stereocenters. The minimum atomic E-state index is 0.597. The third kappa shape index (κ3) is 3.97. The van der Waals surface area contributed by atoms with Crippen LogP contribution >= 0.6 is 0 Å². The molecular weight excluding hydrogens is 174 g/mol. The topological polar surface area (TPSA) is 21.3 Å². The maximum Gasteiger partial charge on any atom is 0.0622 e. The summed E-state index contributed by atoms with van der Waals surface area (Å²) in [5, 5.41) is 3.56. The number of nitrogens with one attached hydrogen (secondary N) is 1. The molecule has 1 fully saturated rings. The fourth-order valence-electron chi connectivity index (χ4n) is 2.41. The lowest BCUT2D eigenvalue weighted by Gasteiger charge is -2.30. The lowest BCUT2D eigenvalue weighted by atomic mass is 9.84. The Morgan fingerprint density at radius 3 is 2.50 bits per heavy atom. The Morgan fingerprint density at radius 2 is 1.93 bits per heavy atom. The molecule has 1 aliphatic rings. The van der Waals surface area contributed by atoms with Gasteiger partial charge < -0.3 is 10.1 Å². The van der Waals surface area contributed by atoms with E-state index in [4.69, 9.17) is 4.74 Å². The first-order valence-corrected chi connectivity index (χ1v) is 6.19. The first kappa shape index (κ1) is 12.0. The lowest BCUT2D eigenvalue weighted by molar-refractivity contribution is 0.0937. The van der Waals surface area contributed by atoms with E-state index in [0.717, 1.165) is 25.7 Å². The molecule has 0 aliphatic heterocycles. The Balaban J connectivity index is 2.30. The minimum Gasteiger partial charge on any atom is -0.380 e. The van der Waals surface area contributed by atoms with E-state index in [1.807, 2.05) is 0 Å². The summed E-state index contributed by atoms with van der Waals surface area (Å²) >= 11 is 0. The maximum absolute atomic E-state index is 5.54. The van der Waals surface area contributed by atoms with Crippen LogP contribution in [0.5, 0.6) is 0 Å². The Hall–Kier alpha value is -0.0800. The molecule has 1 aliphatic carbocycles. The Labute approximate surface area is 88.4 Å². The molecule has 0 aromatic carbocycles. The largest absolute Gasteiger partial charge is 0.380 e. The molecule has 0 aromatic rings. The highest BCUT2D eigenvalue weighted by atomic mass is 16.5. The van der Waals surface area contributed by atoms with Gasteiger partial charge in [-0.3, -0.25) is 0 Å². The summed E-state index contributed by atoms with van der Waals surface area (Å²) in [6.07, 6.45) is 7.05. The molecule has 1 unspecified atom stereocenters. The van der Waals surface area contributed by atoms with Gasteiger partial charge in [0.25, 0.3) is 0 Å². The van der Waals surface area contributed by atoms with Crippen molar-refractivity contribution in [2.75, 3.05) is 19.8 Å². The van der Waals surface area contributed by atoms with E-state index in [1.54, 1.807) is 0 Å². The van der Waals surface area contributed by atoms with Gasteiger partial charge in [0, 0.05) is 12.6 Å². The smallest absolute Gasteiger partial charge is 0.0622 e. The summed E-state index contributed by atoms with van der Waals surface area (Å²) < 4.78 is 5.54. The van der Waals surface area contributed by atoms with Gasteiger partial charge in [-0.15, -0.1) is 0 Å². The van der Waals surface area contributed by atoms with E-state index in [-0.39, 0.29) is 0 Å². The zero-order valence-electron chi connectivity index (χ0n) is 9.72. The third-order valence-corrected chi connectivity index (χ3v) is 3.19. The zero-order valence-corrected chi connectivity index (χ0v) is 9.72. The van der Waals surface area contributed by atoms with Crippen molar-refractivity contribution in [3.05, 3.63) is 0 Å². The molecule has 84 valence electrons. The molecule has 0 bridgehead atoms. The quantitative estimate of drug-likeness (QED) is 0.710. The molecule has 1 saturated carbocycles. The van der Waals surface area contributed by atoms with Crippen molar-refractivity contribution in [2.45, 2.75) is 52.0 Å². The van der Waals surface area contributed by atoms with E-state index in [2.05, 4.69) is 19.2 Å². The fraction of sp³-hybridized carbons (Fsp3) is 1.00. The lowest BCUT2D eigenvalue weighted by Crippen LogP contribution is -2.40. The molecule has 1 N–H and O–H groups in total. The van der Waals surface area contributed by atoms with E-state index in [1.165, 1.54) is 32.1 Å². The molecule has 0 heterocycles. The van der Waals surface area contributed by atoms with Crippen LogP contribution < -0.4 is 5.32 Å². The number of hydrogen-bond acceptors (Lipinski definition) is 2. The van der Waals surface area contributed by atoms with Gasteiger partial charge in [-0.1, -0.05) is 26.2 Å². The van der Waals surface area contributed by atoms with Crippen LogP contribution in [-0.2, 0) is 4.74 Å².